The van der Waals surface area contributed by atoms with E-state index in [1.165, 1.54) is 6.42 Å². The molecule has 3 rings (SSSR count). The lowest BCUT2D eigenvalue weighted by Gasteiger charge is -2.30. The molecule has 1 aliphatic carbocycles. The van der Waals surface area contributed by atoms with Crippen LogP contribution >= 0.6 is 0 Å². The first-order chi connectivity index (χ1) is 12.6. The highest BCUT2D eigenvalue weighted by Crippen LogP contribution is 2.30. The SMILES string of the molecule is O=C([O-])C[C@]1(C(=O)NC2CCCCC2)CC(/C=C/c2ccccc2)=NO1. The van der Waals surface area contributed by atoms with Crippen molar-refractivity contribution < 1.29 is 19.5 Å². The summed E-state index contributed by atoms with van der Waals surface area (Å²) in [5.41, 5.74) is 0.000252. The topological polar surface area (TPSA) is 90.8 Å². The molecule has 1 atom stereocenters. The summed E-state index contributed by atoms with van der Waals surface area (Å²) in [6.45, 7) is 0. The van der Waals surface area contributed by atoms with Crippen molar-refractivity contribution in [3.05, 3.63) is 42.0 Å². The molecule has 0 bridgehead atoms. The second kappa shape index (κ2) is 8.17. The number of hydrogen-bond acceptors (Lipinski definition) is 5. The molecule has 26 heavy (non-hydrogen) atoms. The van der Waals surface area contributed by atoms with Crippen molar-refractivity contribution in [3.8, 4) is 0 Å². The molecule has 138 valence electrons. The van der Waals surface area contributed by atoms with Gasteiger partial charge in [-0.05, 0) is 24.5 Å². The smallest absolute Gasteiger partial charge is 0.268 e. The quantitative estimate of drug-likeness (QED) is 0.842. The molecule has 0 spiro atoms. The van der Waals surface area contributed by atoms with Gasteiger partial charge in [0.25, 0.3) is 5.91 Å². The number of amides is 1. The van der Waals surface area contributed by atoms with Gasteiger partial charge in [-0.25, -0.2) is 0 Å². The average molecular weight is 355 g/mol. The molecule has 1 aromatic carbocycles. The van der Waals surface area contributed by atoms with Crippen LogP contribution in [0.1, 0.15) is 50.5 Å². The van der Waals surface area contributed by atoms with Gasteiger partial charge in [-0.2, -0.15) is 0 Å². The Bertz CT molecular complexity index is 708. The Morgan fingerprint density at radius 1 is 1.19 bits per heavy atom. The van der Waals surface area contributed by atoms with Crippen LogP contribution < -0.4 is 10.4 Å². The van der Waals surface area contributed by atoms with Gasteiger partial charge in [0.05, 0.1) is 5.71 Å². The summed E-state index contributed by atoms with van der Waals surface area (Å²) >= 11 is 0. The van der Waals surface area contributed by atoms with Gasteiger partial charge in [0, 0.05) is 24.9 Å². The van der Waals surface area contributed by atoms with E-state index in [9.17, 15) is 14.7 Å². The van der Waals surface area contributed by atoms with E-state index in [1.54, 1.807) is 6.08 Å². The maximum absolute atomic E-state index is 12.8. The number of carboxylic acids is 1. The highest BCUT2D eigenvalue weighted by molar-refractivity contribution is 6.04. The van der Waals surface area contributed by atoms with Crippen molar-refractivity contribution in [1.82, 2.24) is 5.32 Å². The summed E-state index contributed by atoms with van der Waals surface area (Å²) in [7, 11) is 0. The van der Waals surface area contributed by atoms with E-state index < -0.39 is 23.9 Å². The summed E-state index contributed by atoms with van der Waals surface area (Å²) in [5, 5.41) is 18.1. The summed E-state index contributed by atoms with van der Waals surface area (Å²) in [5.74, 6) is -1.74. The van der Waals surface area contributed by atoms with Crippen LogP contribution in [0.15, 0.2) is 41.6 Å². The van der Waals surface area contributed by atoms with Gasteiger partial charge < -0.3 is 20.1 Å². The molecule has 1 N–H and O–H groups in total. The number of nitrogens with zero attached hydrogens (tertiary/aromatic N) is 1. The Hall–Kier alpha value is -2.63. The lowest BCUT2D eigenvalue weighted by molar-refractivity contribution is -0.309. The summed E-state index contributed by atoms with van der Waals surface area (Å²) in [6, 6.07) is 9.72. The molecular formula is C20H23N2O4-. The minimum Gasteiger partial charge on any atom is -0.550 e. The van der Waals surface area contributed by atoms with Crippen molar-refractivity contribution in [2.24, 2.45) is 5.16 Å². The number of allylic oxidation sites excluding steroid dienone is 1. The van der Waals surface area contributed by atoms with E-state index in [0.29, 0.717) is 5.71 Å². The van der Waals surface area contributed by atoms with Crippen LogP contribution in [0.25, 0.3) is 6.08 Å². The molecule has 6 heteroatoms. The van der Waals surface area contributed by atoms with Crippen molar-refractivity contribution in [3.63, 3.8) is 0 Å². The Morgan fingerprint density at radius 3 is 2.62 bits per heavy atom. The Labute approximate surface area is 152 Å². The zero-order valence-electron chi connectivity index (χ0n) is 14.6. The predicted octanol–water partition coefficient (Wildman–Crippen LogP) is 1.80. The van der Waals surface area contributed by atoms with Gasteiger partial charge in [-0.3, -0.25) is 4.79 Å². The number of carboxylic acid groups (broad SMARTS) is 1. The fourth-order valence-electron chi connectivity index (χ4n) is 3.44. The largest absolute Gasteiger partial charge is 0.550 e. The van der Waals surface area contributed by atoms with Crippen LogP contribution in [0.2, 0.25) is 0 Å². The van der Waals surface area contributed by atoms with E-state index in [2.05, 4.69) is 10.5 Å². The average Bonchev–Trinajstić information content (AvgIpc) is 3.05. The summed E-state index contributed by atoms with van der Waals surface area (Å²) in [4.78, 5) is 29.3. The lowest BCUT2D eigenvalue weighted by Crippen LogP contribution is -2.53. The van der Waals surface area contributed by atoms with Crippen LogP contribution in [0.5, 0.6) is 0 Å². The molecule has 0 unspecified atom stereocenters. The number of oxime groups is 1. The zero-order valence-corrected chi connectivity index (χ0v) is 14.6. The standard InChI is InChI=1S/C20H24N2O4/c23-18(24)14-20(19(25)21-16-9-5-2-6-10-16)13-17(22-26-20)12-11-15-7-3-1-4-8-15/h1,3-4,7-8,11-12,16H,2,5-6,9-10,13-14H2,(H,21,25)(H,23,24)/p-1/b12-11+/t20-/m0/s1. The Morgan fingerprint density at radius 2 is 1.92 bits per heavy atom. The van der Waals surface area contributed by atoms with E-state index in [4.69, 9.17) is 4.84 Å². The van der Waals surface area contributed by atoms with Crippen LogP contribution in [0.4, 0.5) is 0 Å². The van der Waals surface area contributed by atoms with Gasteiger partial charge in [0.15, 0.2) is 0 Å². The predicted molar refractivity (Wildman–Crippen MR) is 96.0 cm³/mol. The number of carbonyl (C=O) groups excluding carboxylic acids is 2. The second-order valence-corrected chi connectivity index (χ2v) is 6.95. The third kappa shape index (κ3) is 4.50. The van der Waals surface area contributed by atoms with Gasteiger partial charge in [0.2, 0.25) is 5.60 Å². The molecule has 1 amide bonds. The molecule has 1 aromatic rings. The van der Waals surface area contributed by atoms with E-state index in [-0.39, 0.29) is 12.5 Å². The number of aliphatic carboxylic acids is 1. The second-order valence-electron chi connectivity index (χ2n) is 6.95. The molecule has 1 fully saturated rings. The minimum absolute atomic E-state index is 0.0717. The zero-order chi connectivity index (χ0) is 18.4. The summed E-state index contributed by atoms with van der Waals surface area (Å²) in [6.07, 6.45) is 8.34. The number of carbonyl (C=O) groups is 2. The fraction of sp³-hybridized carbons (Fsp3) is 0.450. The van der Waals surface area contributed by atoms with Crippen LogP contribution in [0.3, 0.4) is 0 Å². The molecule has 1 heterocycles. The molecule has 0 aromatic heterocycles. The first kappa shape index (κ1) is 18.2. The third-order valence-electron chi connectivity index (χ3n) is 4.86. The summed E-state index contributed by atoms with van der Waals surface area (Å²) < 4.78 is 0. The van der Waals surface area contributed by atoms with Crippen LogP contribution in [-0.4, -0.2) is 29.2 Å². The van der Waals surface area contributed by atoms with Crippen molar-refractivity contribution in [2.45, 2.75) is 56.6 Å². The van der Waals surface area contributed by atoms with Crippen LogP contribution in [-0.2, 0) is 14.4 Å². The van der Waals surface area contributed by atoms with Crippen molar-refractivity contribution in [1.29, 1.82) is 0 Å². The van der Waals surface area contributed by atoms with Crippen molar-refractivity contribution >= 4 is 23.7 Å². The number of rotatable bonds is 6. The van der Waals surface area contributed by atoms with Gasteiger partial charge in [0.1, 0.15) is 0 Å². The number of nitrogens with one attached hydrogen (secondary N) is 1. The minimum atomic E-state index is -1.52. The number of hydrogen-bond donors (Lipinski definition) is 1. The molecule has 1 aliphatic heterocycles. The molecule has 2 aliphatic rings. The first-order valence-electron chi connectivity index (χ1n) is 9.06. The Kier molecular flexibility index (Phi) is 5.71. The molecular weight excluding hydrogens is 332 g/mol. The normalized spacial score (nSPS) is 23.5. The highest BCUT2D eigenvalue weighted by Gasteiger charge is 2.46. The fourth-order valence-corrected chi connectivity index (χ4v) is 3.44. The van der Waals surface area contributed by atoms with E-state index in [0.717, 1.165) is 31.2 Å². The van der Waals surface area contributed by atoms with E-state index in [1.807, 2.05) is 36.4 Å². The van der Waals surface area contributed by atoms with E-state index >= 15 is 0 Å². The molecule has 0 saturated heterocycles. The Balaban J connectivity index is 1.68. The van der Waals surface area contributed by atoms with Crippen LogP contribution in [0, 0.1) is 0 Å². The molecule has 0 radical (unpaired) electrons. The third-order valence-corrected chi connectivity index (χ3v) is 4.86. The van der Waals surface area contributed by atoms with Gasteiger partial charge >= 0.3 is 0 Å². The lowest BCUT2D eigenvalue weighted by atomic mass is 9.90. The maximum atomic E-state index is 12.8. The first-order valence-corrected chi connectivity index (χ1v) is 9.06. The van der Waals surface area contributed by atoms with Gasteiger partial charge in [-0.1, -0.05) is 60.8 Å². The molecule has 6 nitrogen and oxygen atoms in total. The highest BCUT2D eigenvalue weighted by atomic mass is 16.7. The number of benzene rings is 1. The molecule has 1 saturated carbocycles. The van der Waals surface area contributed by atoms with Gasteiger partial charge in [-0.15, -0.1) is 0 Å². The van der Waals surface area contributed by atoms with Crippen molar-refractivity contribution in [2.75, 3.05) is 0 Å². The maximum Gasteiger partial charge on any atom is 0.268 e. The monoisotopic (exact) mass is 355 g/mol.